The number of likely N-dealkylation sites (tertiary alicyclic amines) is 1. The molecule has 0 aromatic carbocycles. The number of Topliss-reactive ketones (excluding diaryl/α,β-unsaturated/α-hetero) is 1. The maximum atomic E-state index is 12.2. The van der Waals surface area contributed by atoms with Gasteiger partial charge in [-0.1, -0.05) is 28.0 Å². The summed E-state index contributed by atoms with van der Waals surface area (Å²) in [5.74, 6) is 0.205. The zero-order chi connectivity index (χ0) is 13.1. The van der Waals surface area contributed by atoms with E-state index in [4.69, 9.17) is 4.52 Å². The van der Waals surface area contributed by atoms with Gasteiger partial charge in [0.15, 0.2) is 0 Å². The van der Waals surface area contributed by atoms with Gasteiger partial charge in [0, 0.05) is 13.0 Å². The summed E-state index contributed by atoms with van der Waals surface area (Å²) in [6, 6.07) is -0.447. The first-order valence-electron chi connectivity index (χ1n) is 5.89. The van der Waals surface area contributed by atoms with Crippen LogP contribution >= 0.6 is 15.9 Å². The van der Waals surface area contributed by atoms with Crippen LogP contribution in [-0.2, 0) is 11.2 Å². The van der Waals surface area contributed by atoms with E-state index in [0.29, 0.717) is 25.3 Å². The van der Waals surface area contributed by atoms with Gasteiger partial charge in [-0.15, -0.1) is 0 Å². The molecule has 1 aliphatic rings. The van der Waals surface area contributed by atoms with Crippen molar-refractivity contribution in [2.75, 3.05) is 11.9 Å². The molecule has 6 nitrogen and oxygen atoms in total. The highest BCUT2D eigenvalue weighted by atomic mass is 79.9. The predicted octanol–water partition coefficient (Wildman–Crippen LogP) is 1.20. The summed E-state index contributed by atoms with van der Waals surface area (Å²) in [5, 5.41) is 3.89. The molecular weight excluding hydrogens is 302 g/mol. The molecule has 2 heterocycles. The van der Waals surface area contributed by atoms with E-state index < -0.39 is 6.04 Å². The van der Waals surface area contributed by atoms with Gasteiger partial charge in [-0.3, -0.25) is 9.59 Å². The molecule has 1 saturated heterocycles. The maximum Gasteiger partial charge on any atom is 0.240 e. The van der Waals surface area contributed by atoms with Crippen LogP contribution in [0.2, 0.25) is 0 Å². The standard InChI is InChI=1S/C11H14BrN3O3/c1-2-8-13-11(14-18-8)10(17)7-4-3-5-15(7)9(16)6-12/h7H,2-6H2,1H3/t7-/m0/s1. The topological polar surface area (TPSA) is 76.3 Å². The van der Waals surface area contributed by atoms with Gasteiger partial charge in [-0.05, 0) is 12.8 Å². The number of rotatable bonds is 4. The van der Waals surface area contributed by atoms with Crippen LogP contribution in [0.25, 0.3) is 0 Å². The van der Waals surface area contributed by atoms with Gasteiger partial charge in [-0.25, -0.2) is 0 Å². The van der Waals surface area contributed by atoms with Crippen LogP contribution in [0, 0.1) is 0 Å². The third-order valence-corrected chi connectivity index (χ3v) is 3.46. The molecule has 0 bridgehead atoms. The molecule has 0 N–H and O–H groups in total. The number of carbonyl (C=O) groups is 2. The molecule has 0 radical (unpaired) electrons. The summed E-state index contributed by atoms with van der Waals surface area (Å²) < 4.78 is 4.92. The Morgan fingerprint density at radius 3 is 2.94 bits per heavy atom. The number of hydrogen-bond donors (Lipinski definition) is 0. The van der Waals surface area contributed by atoms with Crippen LogP contribution in [0.4, 0.5) is 0 Å². The van der Waals surface area contributed by atoms with E-state index in [2.05, 4.69) is 26.1 Å². The fourth-order valence-electron chi connectivity index (χ4n) is 2.06. The summed E-state index contributed by atoms with van der Waals surface area (Å²) >= 11 is 3.12. The minimum atomic E-state index is -0.447. The smallest absolute Gasteiger partial charge is 0.240 e. The lowest BCUT2D eigenvalue weighted by molar-refractivity contribution is -0.128. The molecule has 2 rings (SSSR count). The molecule has 0 saturated carbocycles. The van der Waals surface area contributed by atoms with Crippen molar-refractivity contribution in [1.29, 1.82) is 0 Å². The molecule has 1 atom stereocenters. The van der Waals surface area contributed by atoms with Crippen molar-refractivity contribution in [1.82, 2.24) is 15.0 Å². The van der Waals surface area contributed by atoms with Crippen molar-refractivity contribution in [3.05, 3.63) is 11.7 Å². The maximum absolute atomic E-state index is 12.2. The lowest BCUT2D eigenvalue weighted by Gasteiger charge is -2.21. The molecule has 1 aromatic rings. The lowest BCUT2D eigenvalue weighted by atomic mass is 10.1. The molecule has 0 unspecified atom stereocenters. The Morgan fingerprint density at radius 1 is 1.56 bits per heavy atom. The van der Waals surface area contributed by atoms with Gasteiger partial charge in [0.2, 0.25) is 23.4 Å². The highest BCUT2D eigenvalue weighted by molar-refractivity contribution is 9.09. The molecule has 0 aliphatic carbocycles. The van der Waals surface area contributed by atoms with E-state index in [-0.39, 0.29) is 22.8 Å². The van der Waals surface area contributed by atoms with E-state index in [0.717, 1.165) is 6.42 Å². The molecule has 1 aromatic heterocycles. The second kappa shape index (κ2) is 5.60. The Kier molecular flexibility index (Phi) is 4.11. The first-order chi connectivity index (χ1) is 8.67. The molecule has 7 heteroatoms. The van der Waals surface area contributed by atoms with Crippen LogP contribution in [0.15, 0.2) is 4.52 Å². The molecule has 1 amide bonds. The van der Waals surface area contributed by atoms with Gasteiger partial charge in [0.05, 0.1) is 11.4 Å². The van der Waals surface area contributed by atoms with E-state index >= 15 is 0 Å². The van der Waals surface area contributed by atoms with E-state index in [1.807, 2.05) is 6.92 Å². The van der Waals surface area contributed by atoms with E-state index in [1.165, 1.54) is 0 Å². The Morgan fingerprint density at radius 2 is 2.33 bits per heavy atom. The Bertz CT molecular complexity index is 460. The van der Waals surface area contributed by atoms with Crippen molar-refractivity contribution in [3.8, 4) is 0 Å². The fourth-order valence-corrected chi connectivity index (χ4v) is 2.38. The van der Waals surface area contributed by atoms with Gasteiger partial charge in [0.25, 0.3) is 0 Å². The monoisotopic (exact) mass is 315 g/mol. The average Bonchev–Trinajstić information content (AvgIpc) is 3.05. The van der Waals surface area contributed by atoms with E-state index in [1.54, 1.807) is 4.90 Å². The molecule has 0 spiro atoms. The third-order valence-electron chi connectivity index (χ3n) is 2.98. The SMILES string of the molecule is CCc1nc(C(=O)[C@@H]2CCCN2C(=O)CBr)no1. The highest BCUT2D eigenvalue weighted by Crippen LogP contribution is 2.21. The van der Waals surface area contributed by atoms with E-state index in [9.17, 15) is 9.59 Å². The summed E-state index contributed by atoms with van der Waals surface area (Å²) in [6.45, 7) is 2.48. The number of aryl methyl sites for hydroxylation is 1. The fraction of sp³-hybridized carbons (Fsp3) is 0.636. The first kappa shape index (κ1) is 13.2. The first-order valence-corrected chi connectivity index (χ1v) is 7.01. The second-order valence-corrected chi connectivity index (χ2v) is 4.67. The van der Waals surface area contributed by atoms with Gasteiger partial charge in [-0.2, -0.15) is 4.98 Å². The minimum Gasteiger partial charge on any atom is -0.339 e. The number of ketones is 1. The summed E-state index contributed by atoms with van der Waals surface area (Å²) in [5.41, 5.74) is 0. The van der Waals surface area contributed by atoms with Crippen molar-refractivity contribution in [3.63, 3.8) is 0 Å². The second-order valence-electron chi connectivity index (χ2n) is 4.11. The number of aromatic nitrogens is 2. The summed E-state index contributed by atoms with van der Waals surface area (Å²) in [7, 11) is 0. The van der Waals surface area contributed by atoms with Crippen molar-refractivity contribution < 1.29 is 14.1 Å². The molecular formula is C11H14BrN3O3. The van der Waals surface area contributed by atoms with Crippen LogP contribution in [0.5, 0.6) is 0 Å². The highest BCUT2D eigenvalue weighted by Gasteiger charge is 2.36. The molecule has 1 aliphatic heterocycles. The minimum absolute atomic E-state index is 0.0751. The predicted molar refractivity (Wildman–Crippen MR) is 66.5 cm³/mol. The lowest BCUT2D eigenvalue weighted by Crippen LogP contribution is -2.41. The molecule has 98 valence electrons. The number of amides is 1. The third kappa shape index (κ3) is 2.45. The zero-order valence-electron chi connectivity index (χ0n) is 10.1. The largest absolute Gasteiger partial charge is 0.339 e. The van der Waals surface area contributed by atoms with Crippen LogP contribution in [0.1, 0.15) is 36.3 Å². The Balaban J connectivity index is 2.15. The van der Waals surface area contributed by atoms with Crippen molar-refractivity contribution in [2.24, 2.45) is 0 Å². The van der Waals surface area contributed by atoms with Crippen LogP contribution in [0.3, 0.4) is 0 Å². The number of hydrogen-bond acceptors (Lipinski definition) is 5. The number of alkyl halides is 1. The van der Waals surface area contributed by atoms with Gasteiger partial charge < -0.3 is 9.42 Å². The quantitative estimate of drug-likeness (QED) is 0.616. The van der Waals surface area contributed by atoms with Gasteiger partial charge in [0.1, 0.15) is 0 Å². The Hall–Kier alpha value is -1.24. The van der Waals surface area contributed by atoms with Crippen LogP contribution < -0.4 is 0 Å². The van der Waals surface area contributed by atoms with Gasteiger partial charge >= 0.3 is 0 Å². The van der Waals surface area contributed by atoms with Crippen molar-refractivity contribution >= 4 is 27.6 Å². The summed E-state index contributed by atoms with van der Waals surface area (Å²) in [4.78, 5) is 29.5. The molecule has 18 heavy (non-hydrogen) atoms. The normalized spacial score (nSPS) is 19.2. The number of carbonyl (C=O) groups excluding carboxylic acids is 2. The average molecular weight is 316 g/mol. The van der Waals surface area contributed by atoms with Crippen LogP contribution in [-0.4, -0.2) is 44.6 Å². The number of nitrogens with zero attached hydrogens (tertiary/aromatic N) is 3. The zero-order valence-corrected chi connectivity index (χ0v) is 11.6. The number of halogens is 1. The molecule has 1 fully saturated rings. The Labute approximate surface area is 113 Å². The summed E-state index contributed by atoms with van der Waals surface area (Å²) in [6.07, 6.45) is 2.08. The van der Waals surface area contributed by atoms with Crippen molar-refractivity contribution in [2.45, 2.75) is 32.2 Å².